The molecule has 1 aromatic carbocycles. The van der Waals surface area contributed by atoms with Gasteiger partial charge in [0.05, 0.1) is 6.54 Å². The summed E-state index contributed by atoms with van der Waals surface area (Å²) in [5, 5.41) is 9.54. The van der Waals surface area contributed by atoms with Crippen LogP contribution in [0.3, 0.4) is 0 Å². The standard InChI is InChI=1S/C22H18F3N5O3/c1-29-20(33)22(28-21(29)26,13-10-17(19(31)32)30(11-13)8-6-23)12-4-5-16(24)15(9-12)14-3-2-7-27-18(14)25/h2-5,7,9-11H,6,8H2,1H3,(H2,26,28)(H,31,32)/t22-/m1/s1. The number of aliphatic imine (C=N–C) groups is 1. The van der Waals surface area contributed by atoms with Crippen molar-refractivity contribution in [2.45, 2.75) is 12.1 Å². The van der Waals surface area contributed by atoms with Gasteiger partial charge in [-0.3, -0.25) is 9.69 Å². The van der Waals surface area contributed by atoms with Crippen LogP contribution in [0.15, 0.2) is 53.8 Å². The van der Waals surface area contributed by atoms with E-state index in [2.05, 4.69) is 9.98 Å². The number of guanidine groups is 1. The van der Waals surface area contributed by atoms with Crippen molar-refractivity contribution in [2.24, 2.45) is 10.7 Å². The number of pyridine rings is 1. The van der Waals surface area contributed by atoms with Gasteiger partial charge >= 0.3 is 5.97 Å². The minimum absolute atomic E-state index is 0.0925. The molecule has 11 heteroatoms. The summed E-state index contributed by atoms with van der Waals surface area (Å²) < 4.78 is 43.2. The van der Waals surface area contributed by atoms with Crippen molar-refractivity contribution < 1.29 is 27.9 Å². The highest BCUT2D eigenvalue weighted by atomic mass is 19.1. The first-order chi connectivity index (χ1) is 15.7. The fraction of sp³-hybridized carbons (Fsp3) is 0.182. The molecule has 3 N–H and O–H groups in total. The number of hydrogen-bond acceptors (Lipinski definition) is 5. The smallest absolute Gasteiger partial charge is 0.352 e. The summed E-state index contributed by atoms with van der Waals surface area (Å²) in [7, 11) is 1.38. The number of aromatic carboxylic acids is 1. The Kier molecular flexibility index (Phi) is 5.40. The minimum Gasteiger partial charge on any atom is -0.477 e. The third kappa shape index (κ3) is 3.41. The molecule has 1 aliphatic heterocycles. The zero-order chi connectivity index (χ0) is 23.9. The molecule has 2 aromatic heterocycles. The topological polar surface area (TPSA) is 114 Å². The highest BCUT2D eigenvalue weighted by molar-refractivity contribution is 6.09. The number of amides is 1. The van der Waals surface area contributed by atoms with Crippen molar-refractivity contribution in [1.29, 1.82) is 0 Å². The molecule has 0 saturated carbocycles. The van der Waals surface area contributed by atoms with Crippen LogP contribution in [0.25, 0.3) is 11.1 Å². The van der Waals surface area contributed by atoms with Crippen LogP contribution in [0.2, 0.25) is 0 Å². The van der Waals surface area contributed by atoms with Gasteiger partial charge in [-0.1, -0.05) is 6.07 Å². The number of carbonyl (C=O) groups is 2. The molecule has 1 aliphatic rings. The van der Waals surface area contributed by atoms with E-state index in [1.807, 2.05) is 0 Å². The van der Waals surface area contributed by atoms with Gasteiger partial charge in [0.2, 0.25) is 5.95 Å². The quantitative estimate of drug-likeness (QED) is 0.553. The van der Waals surface area contributed by atoms with E-state index >= 15 is 0 Å². The molecule has 0 spiro atoms. The highest BCUT2D eigenvalue weighted by Gasteiger charge is 2.50. The van der Waals surface area contributed by atoms with Gasteiger partial charge < -0.3 is 15.4 Å². The summed E-state index contributed by atoms with van der Waals surface area (Å²) in [4.78, 5) is 34.0. The Morgan fingerprint density at radius 2 is 1.94 bits per heavy atom. The predicted molar refractivity (Wildman–Crippen MR) is 112 cm³/mol. The van der Waals surface area contributed by atoms with E-state index in [0.717, 1.165) is 15.5 Å². The number of rotatable bonds is 6. The van der Waals surface area contributed by atoms with Crippen molar-refractivity contribution >= 4 is 17.8 Å². The second-order valence-electron chi connectivity index (χ2n) is 7.38. The Hall–Kier alpha value is -4.15. The number of carboxylic acids is 1. The molecule has 0 bridgehead atoms. The Balaban J connectivity index is 2.00. The first-order valence-corrected chi connectivity index (χ1v) is 9.75. The number of nitrogens with two attached hydrogens (primary N) is 1. The molecule has 4 rings (SSSR count). The molecule has 3 aromatic rings. The highest BCUT2D eigenvalue weighted by Crippen LogP contribution is 2.42. The van der Waals surface area contributed by atoms with Crippen LogP contribution < -0.4 is 5.73 Å². The van der Waals surface area contributed by atoms with Gasteiger partial charge in [-0.25, -0.2) is 23.6 Å². The summed E-state index contributed by atoms with van der Waals surface area (Å²) in [6.45, 7) is -1.11. The summed E-state index contributed by atoms with van der Waals surface area (Å²) in [6, 6.07) is 7.54. The molecule has 0 aliphatic carbocycles. The maximum atomic E-state index is 14.7. The Morgan fingerprint density at radius 3 is 2.55 bits per heavy atom. The van der Waals surface area contributed by atoms with Gasteiger partial charge in [-0.05, 0) is 35.9 Å². The molecule has 1 amide bonds. The average Bonchev–Trinajstić information content (AvgIpc) is 3.31. The zero-order valence-electron chi connectivity index (χ0n) is 17.3. The molecule has 0 unspecified atom stereocenters. The van der Waals surface area contributed by atoms with Crippen LogP contribution in [-0.4, -0.2) is 51.1 Å². The lowest BCUT2D eigenvalue weighted by Gasteiger charge is -2.25. The molecule has 0 saturated heterocycles. The summed E-state index contributed by atoms with van der Waals surface area (Å²) >= 11 is 0. The van der Waals surface area contributed by atoms with E-state index in [1.54, 1.807) is 0 Å². The molecular weight excluding hydrogens is 439 g/mol. The number of alkyl halides is 1. The van der Waals surface area contributed by atoms with Crippen molar-refractivity contribution in [2.75, 3.05) is 13.7 Å². The number of carboxylic acid groups (broad SMARTS) is 1. The lowest BCUT2D eigenvalue weighted by atomic mass is 9.82. The van der Waals surface area contributed by atoms with Crippen LogP contribution in [0, 0.1) is 11.8 Å². The lowest BCUT2D eigenvalue weighted by Crippen LogP contribution is -2.41. The van der Waals surface area contributed by atoms with Crippen molar-refractivity contribution in [3.63, 3.8) is 0 Å². The summed E-state index contributed by atoms with van der Waals surface area (Å²) in [5.41, 5.74) is 3.67. The minimum atomic E-state index is -1.88. The van der Waals surface area contributed by atoms with E-state index in [0.29, 0.717) is 0 Å². The van der Waals surface area contributed by atoms with Gasteiger partial charge in [-0.15, -0.1) is 0 Å². The van der Waals surface area contributed by atoms with E-state index in [4.69, 9.17) is 5.73 Å². The van der Waals surface area contributed by atoms with Gasteiger partial charge in [0.1, 0.15) is 18.2 Å². The third-order valence-corrected chi connectivity index (χ3v) is 5.53. The molecular formula is C22H18F3N5O3. The Bertz CT molecular complexity index is 1310. The monoisotopic (exact) mass is 457 g/mol. The maximum absolute atomic E-state index is 14.7. The van der Waals surface area contributed by atoms with Gasteiger partial charge in [0.25, 0.3) is 5.91 Å². The van der Waals surface area contributed by atoms with Crippen molar-refractivity contribution in [3.05, 3.63) is 77.4 Å². The number of halogens is 3. The van der Waals surface area contributed by atoms with Gasteiger partial charge in [0.15, 0.2) is 11.5 Å². The second-order valence-corrected chi connectivity index (χ2v) is 7.38. The molecule has 0 fully saturated rings. The molecule has 1 atom stereocenters. The molecule has 3 heterocycles. The van der Waals surface area contributed by atoms with Gasteiger partial charge in [-0.2, -0.15) is 4.39 Å². The number of likely N-dealkylation sites (N-methyl/N-ethyl adjacent to an activating group) is 1. The SMILES string of the molecule is CN1C(=O)[C@@](c2ccc(F)c(-c3cccnc3F)c2)(c2cc(C(=O)O)n(CCF)c2)N=C1N. The number of aromatic nitrogens is 2. The van der Waals surface area contributed by atoms with Crippen LogP contribution in [0.1, 0.15) is 21.6 Å². The van der Waals surface area contributed by atoms with Crippen molar-refractivity contribution in [1.82, 2.24) is 14.5 Å². The lowest BCUT2D eigenvalue weighted by molar-refractivity contribution is -0.129. The largest absolute Gasteiger partial charge is 0.477 e. The van der Waals surface area contributed by atoms with Crippen molar-refractivity contribution in [3.8, 4) is 11.1 Å². The Labute approximate surface area is 185 Å². The Morgan fingerprint density at radius 1 is 1.18 bits per heavy atom. The normalized spacial score (nSPS) is 18.0. The number of nitrogens with zero attached hydrogens (tertiary/aromatic N) is 4. The van der Waals surface area contributed by atoms with E-state index in [9.17, 15) is 27.9 Å². The first kappa shape index (κ1) is 22.1. The van der Waals surface area contributed by atoms with E-state index in [1.165, 1.54) is 49.8 Å². The first-order valence-electron chi connectivity index (χ1n) is 9.75. The maximum Gasteiger partial charge on any atom is 0.352 e. The fourth-order valence-corrected chi connectivity index (χ4v) is 3.89. The van der Waals surface area contributed by atoms with Crippen LogP contribution >= 0.6 is 0 Å². The molecule has 0 radical (unpaired) electrons. The molecule has 170 valence electrons. The summed E-state index contributed by atoms with van der Waals surface area (Å²) in [6.07, 6.45) is 2.51. The second kappa shape index (κ2) is 8.08. The number of benzene rings is 1. The molecule has 8 nitrogen and oxygen atoms in total. The number of carbonyl (C=O) groups excluding carboxylic acids is 1. The van der Waals surface area contributed by atoms with Crippen LogP contribution in [0.5, 0.6) is 0 Å². The van der Waals surface area contributed by atoms with Crippen LogP contribution in [0.4, 0.5) is 13.2 Å². The molecule has 33 heavy (non-hydrogen) atoms. The van der Waals surface area contributed by atoms with Gasteiger partial charge in [0, 0.05) is 36.1 Å². The average molecular weight is 457 g/mol. The number of aryl methyl sites for hydroxylation is 1. The third-order valence-electron chi connectivity index (χ3n) is 5.53. The van der Waals surface area contributed by atoms with E-state index in [-0.39, 0.29) is 40.5 Å². The summed E-state index contributed by atoms with van der Waals surface area (Å²) in [5.74, 6) is -3.81. The zero-order valence-corrected chi connectivity index (χ0v) is 17.3. The number of hydrogen-bond donors (Lipinski definition) is 2. The van der Waals surface area contributed by atoms with E-state index < -0.39 is 35.9 Å². The van der Waals surface area contributed by atoms with Crippen LogP contribution in [-0.2, 0) is 16.9 Å². The fourth-order valence-electron chi connectivity index (χ4n) is 3.89. The predicted octanol–water partition coefficient (Wildman–Crippen LogP) is 2.53.